The highest BCUT2D eigenvalue weighted by molar-refractivity contribution is 6.27. The van der Waals surface area contributed by atoms with Crippen molar-refractivity contribution in [3.8, 4) is 22.5 Å². The molecule has 0 unspecified atom stereocenters. The second kappa shape index (κ2) is 9.71. The van der Waals surface area contributed by atoms with E-state index in [0.717, 1.165) is 66.2 Å². The zero-order valence-corrected chi connectivity index (χ0v) is 25.2. The molecule has 0 N–H and O–H groups in total. The lowest BCUT2D eigenvalue weighted by Gasteiger charge is -2.13. The third kappa shape index (κ3) is 3.69. The standard InChI is InChI=1S/C43H25N3O/c1-44-29-20-21-38-35(26-29)42-39(22-23-41-43(42)34-16-4-7-19-40(34)47-41)46(38)31-13-9-11-28(25-31)27-10-8-12-30(24-27)45-36-17-5-2-14-32(36)33-15-3-6-18-37(33)45/h2-26H. The largest absolute Gasteiger partial charge is 0.456 e. The predicted octanol–water partition coefficient (Wildman–Crippen LogP) is 12.0. The van der Waals surface area contributed by atoms with E-state index in [-0.39, 0.29) is 0 Å². The number of furan rings is 1. The summed E-state index contributed by atoms with van der Waals surface area (Å²) < 4.78 is 11.0. The number of hydrogen-bond acceptors (Lipinski definition) is 1. The maximum atomic E-state index is 7.74. The van der Waals surface area contributed by atoms with E-state index in [2.05, 4.69) is 141 Å². The summed E-state index contributed by atoms with van der Waals surface area (Å²) in [4.78, 5) is 3.78. The summed E-state index contributed by atoms with van der Waals surface area (Å²) in [6.07, 6.45) is 0. The van der Waals surface area contributed by atoms with Crippen LogP contribution in [0.25, 0.3) is 92.9 Å². The summed E-state index contributed by atoms with van der Waals surface area (Å²) in [6.45, 7) is 7.74. The van der Waals surface area contributed by atoms with Gasteiger partial charge < -0.3 is 13.6 Å². The highest BCUT2D eigenvalue weighted by Gasteiger charge is 2.19. The molecule has 0 aliphatic carbocycles. The van der Waals surface area contributed by atoms with E-state index >= 15 is 0 Å². The van der Waals surface area contributed by atoms with Gasteiger partial charge in [0.1, 0.15) is 11.2 Å². The van der Waals surface area contributed by atoms with Gasteiger partial charge >= 0.3 is 0 Å². The predicted molar refractivity (Wildman–Crippen MR) is 194 cm³/mol. The van der Waals surface area contributed by atoms with Crippen molar-refractivity contribution < 1.29 is 4.42 Å². The van der Waals surface area contributed by atoms with Crippen molar-refractivity contribution in [2.24, 2.45) is 0 Å². The maximum absolute atomic E-state index is 7.74. The summed E-state index contributed by atoms with van der Waals surface area (Å²) in [6, 6.07) is 53.2. The van der Waals surface area contributed by atoms with Crippen molar-refractivity contribution in [2.75, 3.05) is 0 Å². The van der Waals surface area contributed by atoms with E-state index in [1.165, 1.54) is 21.8 Å². The first-order chi connectivity index (χ1) is 23.3. The quantitative estimate of drug-likeness (QED) is 0.186. The normalized spacial score (nSPS) is 11.8. The summed E-state index contributed by atoms with van der Waals surface area (Å²) in [5.74, 6) is 0. The van der Waals surface area contributed by atoms with Gasteiger partial charge in [-0.1, -0.05) is 84.9 Å². The second-order valence-corrected chi connectivity index (χ2v) is 12.1. The van der Waals surface area contributed by atoms with Crippen molar-refractivity contribution in [1.82, 2.24) is 9.13 Å². The fraction of sp³-hybridized carbons (Fsp3) is 0. The van der Waals surface area contributed by atoms with Crippen LogP contribution in [0.5, 0.6) is 0 Å². The summed E-state index contributed by atoms with van der Waals surface area (Å²) in [5.41, 5.74) is 11.3. The van der Waals surface area contributed by atoms with E-state index in [9.17, 15) is 0 Å². The van der Waals surface area contributed by atoms with Crippen LogP contribution in [0, 0.1) is 6.57 Å². The van der Waals surface area contributed by atoms with Crippen LogP contribution in [0.3, 0.4) is 0 Å². The van der Waals surface area contributed by atoms with Crippen molar-refractivity contribution in [1.29, 1.82) is 0 Å². The molecule has 7 aromatic carbocycles. The highest BCUT2D eigenvalue weighted by Crippen LogP contribution is 2.42. The Bertz CT molecular complexity index is 2880. The van der Waals surface area contributed by atoms with Gasteiger partial charge in [-0.25, -0.2) is 4.85 Å². The van der Waals surface area contributed by atoms with Gasteiger partial charge in [0, 0.05) is 38.3 Å². The zero-order chi connectivity index (χ0) is 31.1. The molecule has 10 rings (SSSR count). The molecule has 4 nitrogen and oxygen atoms in total. The number of nitrogens with zero attached hydrogens (tertiary/aromatic N) is 3. The molecule has 3 aromatic heterocycles. The van der Waals surface area contributed by atoms with Crippen LogP contribution >= 0.6 is 0 Å². The average molecular weight is 600 g/mol. The van der Waals surface area contributed by atoms with Crippen LogP contribution in [0.15, 0.2) is 156 Å². The molecule has 0 amide bonds. The van der Waals surface area contributed by atoms with Gasteiger partial charge in [-0.05, 0) is 83.2 Å². The second-order valence-electron chi connectivity index (χ2n) is 12.1. The first-order valence-electron chi connectivity index (χ1n) is 15.7. The molecular formula is C43H25N3O. The fourth-order valence-electron chi connectivity index (χ4n) is 7.51. The zero-order valence-electron chi connectivity index (χ0n) is 25.2. The number of fused-ring (bicyclic) bond motifs is 10. The Morgan fingerprint density at radius 1 is 0.426 bits per heavy atom. The van der Waals surface area contributed by atoms with Gasteiger partial charge in [-0.15, -0.1) is 0 Å². The lowest BCUT2D eigenvalue weighted by Crippen LogP contribution is -1.96. The first kappa shape index (κ1) is 25.7. The molecule has 47 heavy (non-hydrogen) atoms. The van der Waals surface area contributed by atoms with Gasteiger partial charge in [-0.2, -0.15) is 0 Å². The minimum atomic E-state index is 0.622. The Balaban J connectivity index is 1.20. The van der Waals surface area contributed by atoms with E-state index in [4.69, 9.17) is 11.0 Å². The molecule has 4 heteroatoms. The van der Waals surface area contributed by atoms with Crippen molar-refractivity contribution in [2.45, 2.75) is 0 Å². The lowest BCUT2D eigenvalue weighted by molar-refractivity contribution is 0.669. The first-order valence-corrected chi connectivity index (χ1v) is 15.7. The Morgan fingerprint density at radius 2 is 1.00 bits per heavy atom. The fourth-order valence-corrected chi connectivity index (χ4v) is 7.51. The van der Waals surface area contributed by atoms with Gasteiger partial charge in [0.05, 0.1) is 28.6 Å². The Kier molecular flexibility index (Phi) is 5.32. The van der Waals surface area contributed by atoms with Gasteiger partial charge in [0.15, 0.2) is 5.69 Å². The van der Waals surface area contributed by atoms with Crippen LogP contribution in [-0.2, 0) is 0 Å². The van der Waals surface area contributed by atoms with E-state index in [0.29, 0.717) is 5.69 Å². The molecule has 0 spiro atoms. The van der Waals surface area contributed by atoms with E-state index < -0.39 is 0 Å². The molecule has 10 aromatic rings. The summed E-state index contributed by atoms with van der Waals surface area (Å²) in [5, 5.41) is 6.82. The molecule has 3 heterocycles. The van der Waals surface area contributed by atoms with E-state index in [1.807, 2.05) is 24.3 Å². The molecule has 218 valence electrons. The van der Waals surface area contributed by atoms with Crippen LogP contribution in [0.2, 0.25) is 0 Å². The molecule has 0 saturated carbocycles. The SMILES string of the molecule is [C-]#[N+]c1ccc2c(c1)c1c3c(ccc1n2-c1cccc(-c2cccc(-n4c5ccccc5c5ccccc54)c2)c1)oc1ccccc13. The van der Waals surface area contributed by atoms with Crippen LogP contribution < -0.4 is 0 Å². The number of hydrogen-bond donors (Lipinski definition) is 0. The van der Waals surface area contributed by atoms with Crippen molar-refractivity contribution in [3.63, 3.8) is 0 Å². The number of aromatic nitrogens is 2. The number of rotatable bonds is 3. The molecule has 0 atom stereocenters. The highest BCUT2D eigenvalue weighted by atomic mass is 16.3. The van der Waals surface area contributed by atoms with Gasteiger partial charge in [0.2, 0.25) is 0 Å². The molecule has 0 aliphatic heterocycles. The van der Waals surface area contributed by atoms with Crippen LogP contribution in [-0.4, -0.2) is 9.13 Å². The molecule has 0 radical (unpaired) electrons. The Morgan fingerprint density at radius 3 is 1.68 bits per heavy atom. The summed E-state index contributed by atoms with van der Waals surface area (Å²) >= 11 is 0. The third-order valence-corrected chi connectivity index (χ3v) is 9.50. The summed E-state index contributed by atoms with van der Waals surface area (Å²) in [7, 11) is 0. The Hall–Kier alpha value is -6.57. The molecule has 0 aliphatic rings. The average Bonchev–Trinajstić information content (AvgIpc) is 3.79. The maximum Gasteiger partial charge on any atom is 0.188 e. The number of benzene rings is 7. The molecule has 0 saturated heterocycles. The number of para-hydroxylation sites is 3. The smallest absolute Gasteiger partial charge is 0.188 e. The topological polar surface area (TPSA) is 27.4 Å². The third-order valence-electron chi connectivity index (χ3n) is 9.50. The van der Waals surface area contributed by atoms with Crippen molar-refractivity contribution in [3.05, 3.63) is 163 Å². The minimum Gasteiger partial charge on any atom is -0.456 e. The van der Waals surface area contributed by atoms with E-state index in [1.54, 1.807) is 0 Å². The molecule has 0 fully saturated rings. The molecular weight excluding hydrogens is 574 g/mol. The van der Waals surface area contributed by atoms with Crippen LogP contribution in [0.1, 0.15) is 0 Å². The van der Waals surface area contributed by atoms with Gasteiger partial charge in [0.25, 0.3) is 0 Å². The molecule has 0 bridgehead atoms. The lowest BCUT2D eigenvalue weighted by atomic mass is 10.0. The monoisotopic (exact) mass is 599 g/mol. The Labute approximate surface area is 269 Å². The van der Waals surface area contributed by atoms with Crippen molar-refractivity contribution >= 4 is 71.2 Å². The van der Waals surface area contributed by atoms with Crippen LogP contribution in [0.4, 0.5) is 5.69 Å². The minimum absolute atomic E-state index is 0.622. The van der Waals surface area contributed by atoms with Gasteiger partial charge in [-0.3, -0.25) is 0 Å².